The Morgan fingerprint density at radius 1 is 1.06 bits per heavy atom. The number of nitrogens with two attached hydrogens (primary N) is 1. The van der Waals surface area contributed by atoms with Crippen molar-refractivity contribution in [3.05, 3.63) is 71.9 Å². The number of para-hydroxylation sites is 1. The minimum Gasteiger partial charge on any atom is -0.445 e. The number of hydrogen-bond donors (Lipinski definition) is 5. The summed E-state index contributed by atoms with van der Waals surface area (Å²) < 4.78 is 5.05. The lowest BCUT2D eigenvalue weighted by Gasteiger charge is -2.17. The topological polar surface area (TPSA) is 147 Å². The van der Waals surface area contributed by atoms with Crippen molar-refractivity contribution in [2.75, 3.05) is 6.54 Å². The second-order valence-electron chi connectivity index (χ2n) is 7.39. The molecule has 3 aromatic rings. The number of hydrogen-bond acceptors (Lipinski definition) is 5. The van der Waals surface area contributed by atoms with Crippen LogP contribution in [0.25, 0.3) is 10.9 Å². The van der Waals surface area contributed by atoms with Gasteiger partial charge in [0.1, 0.15) is 12.6 Å². The van der Waals surface area contributed by atoms with E-state index in [1.165, 1.54) is 0 Å². The van der Waals surface area contributed by atoms with E-state index in [0.29, 0.717) is 0 Å². The molecule has 3 amide bonds. The zero-order valence-electron chi connectivity index (χ0n) is 17.4. The summed E-state index contributed by atoms with van der Waals surface area (Å²) in [5.41, 5.74) is 8.04. The number of carbonyl (C=O) groups is 3. The van der Waals surface area contributed by atoms with E-state index in [0.717, 1.165) is 22.0 Å². The number of aliphatic hydroxyl groups excluding tert-OH is 1. The summed E-state index contributed by atoms with van der Waals surface area (Å²) in [6, 6.07) is 15.8. The molecule has 1 heterocycles. The third kappa shape index (κ3) is 6.58. The van der Waals surface area contributed by atoms with Crippen LogP contribution in [0.1, 0.15) is 17.5 Å². The highest BCUT2D eigenvalue weighted by molar-refractivity contribution is 5.89. The molecule has 0 aliphatic rings. The van der Waals surface area contributed by atoms with Crippen molar-refractivity contribution in [3.8, 4) is 0 Å². The predicted molar refractivity (Wildman–Crippen MR) is 118 cm³/mol. The number of rotatable bonds is 10. The molecule has 9 nitrogen and oxygen atoms in total. The maximum Gasteiger partial charge on any atom is 0.407 e. The van der Waals surface area contributed by atoms with Gasteiger partial charge in [-0.15, -0.1) is 0 Å². The molecule has 2 aromatic carbocycles. The molecular weight excluding hydrogens is 412 g/mol. The molecule has 0 bridgehead atoms. The fourth-order valence-electron chi connectivity index (χ4n) is 3.26. The van der Waals surface area contributed by atoms with Crippen molar-refractivity contribution < 1.29 is 24.2 Å². The van der Waals surface area contributed by atoms with Crippen LogP contribution in [0, 0.1) is 0 Å². The van der Waals surface area contributed by atoms with Gasteiger partial charge in [0.2, 0.25) is 11.8 Å². The van der Waals surface area contributed by atoms with Gasteiger partial charge < -0.3 is 31.2 Å². The summed E-state index contributed by atoms with van der Waals surface area (Å²) in [4.78, 5) is 39.0. The van der Waals surface area contributed by atoms with Crippen molar-refractivity contribution in [1.29, 1.82) is 0 Å². The molecule has 2 atom stereocenters. The van der Waals surface area contributed by atoms with E-state index in [9.17, 15) is 19.5 Å². The van der Waals surface area contributed by atoms with Gasteiger partial charge in [0, 0.05) is 30.1 Å². The maximum atomic E-state index is 12.3. The Hall–Kier alpha value is -3.85. The molecule has 0 saturated heterocycles. The second kappa shape index (κ2) is 11.0. The van der Waals surface area contributed by atoms with Gasteiger partial charge in [-0.1, -0.05) is 48.5 Å². The summed E-state index contributed by atoms with van der Waals surface area (Å²) in [6.45, 7) is -0.0812. The van der Waals surface area contributed by atoms with Crippen LogP contribution in [0.3, 0.4) is 0 Å². The van der Waals surface area contributed by atoms with E-state index < -0.39 is 30.1 Å². The van der Waals surface area contributed by atoms with Crippen molar-refractivity contribution in [2.45, 2.75) is 31.6 Å². The Morgan fingerprint density at radius 2 is 1.78 bits per heavy atom. The van der Waals surface area contributed by atoms with Crippen LogP contribution in [0.2, 0.25) is 0 Å². The molecule has 6 N–H and O–H groups in total. The Bertz CT molecular complexity index is 1070. The first-order chi connectivity index (χ1) is 15.4. The molecule has 1 aromatic heterocycles. The summed E-state index contributed by atoms with van der Waals surface area (Å²) >= 11 is 0. The first kappa shape index (κ1) is 22.8. The van der Waals surface area contributed by atoms with Crippen LogP contribution in [0.5, 0.6) is 0 Å². The molecular formula is C23H26N4O5. The maximum absolute atomic E-state index is 12.3. The van der Waals surface area contributed by atoms with Gasteiger partial charge in [0.15, 0.2) is 0 Å². The molecule has 0 fully saturated rings. The van der Waals surface area contributed by atoms with Crippen molar-refractivity contribution >= 4 is 28.8 Å². The molecule has 3 rings (SSSR count). The molecule has 9 heteroatoms. The number of benzene rings is 2. The Labute approximate surface area is 184 Å². The zero-order valence-corrected chi connectivity index (χ0v) is 17.4. The largest absolute Gasteiger partial charge is 0.445 e. The van der Waals surface area contributed by atoms with Crippen LogP contribution >= 0.6 is 0 Å². The minimum atomic E-state index is -1.15. The average molecular weight is 438 g/mol. The van der Waals surface area contributed by atoms with Crippen LogP contribution in [-0.2, 0) is 27.4 Å². The SMILES string of the molecule is NC(=O)[C@@H](Cc1c[nH]c2ccccc12)NC(=O)C[C@@H](O)CNC(=O)OCc1ccccc1. The van der Waals surface area contributed by atoms with Crippen LogP contribution in [0.15, 0.2) is 60.8 Å². The van der Waals surface area contributed by atoms with Crippen LogP contribution < -0.4 is 16.4 Å². The number of primary amides is 1. The number of nitrogens with one attached hydrogen (secondary N) is 3. The van der Waals surface area contributed by atoms with Crippen molar-refractivity contribution in [2.24, 2.45) is 5.73 Å². The van der Waals surface area contributed by atoms with Crippen LogP contribution in [0.4, 0.5) is 4.79 Å². The van der Waals surface area contributed by atoms with Gasteiger partial charge in [-0.2, -0.15) is 0 Å². The summed E-state index contributed by atoms with van der Waals surface area (Å²) in [7, 11) is 0. The Kier molecular flexibility index (Phi) is 7.82. The minimum absolute atomic E-state index is 0.0946. The number of amides is 3. The number of fused-ring (bicyclic) bond motifs is 1. The van der Waals surface area contributed by atoms with E-state index in [-0.39, 0.29) is 26.0 Å². The quantitative estimate of drug-likeness (QED) is 0.324. The summed E-state index contributed by atoms with van der Waals surface area (Å²) in [5.74, 6) is -1.23. The van der Waals surface area contributed by atoms with Gasteiger partial charge in [-0.05, 0) is 17.2 Å². The molecule has 168 valence electrons. The fourth-order valence-corrected chi connectivity index (χ4v) is 3.26. The first-order valence-electron chi connectivity index (χ1n) is 10.2. The highest BCUT2D eigenvalue weighted by Gasteiger charge is 2.22. The highest BCUT2D eigenvalue weighted by Crippen LogP contribution is 2.19. The molecule has 0 aliphatic heterocycles. The van der Waals surface area contributed by atoms with E-state index >= 15 is 0 Å². The first-order valence-corrected chi connectivity index (χ1v) is 10.2. The van der Waals surface area contributed by atoms with Gasteiger partial charge in [-0.3, -0.25) is 9.59 Å². The zero-order chi connectivity index (χ0) is 22.9. The predicted octanol–water partition coefficient (Wildman–Crippen LogP) is 1.36. The lowest BCUT2D eigenvalue weighted by atomic mass is 10.0. The molecule has 0 radical (unpaired) electrons. The van der Waals surface area contributed by atoms with Gasteiger partial charge in [0.05, 0.1) is 12.5 Å². The van der Waals surface area contributed by atoms with Crippen LogP contribution in [-0.4, -0.2) is 46.7 Å². The monoisotopic (exact) mass is 438 g/mol. The van der Waals surface area contributed by atoms with Gasteiger partial charge >= 0.3 is 6.09 Å². The Morgan fingerprint density at radius 3 is 2.53 bits per heavy atom. The molecule has 0 saturated carbocycles. The number of aliphatic hydroxyl groups is 1. The number of ether oxygens (including phenoxy) is 1. The van der Waals surface area contributed by atoms with E-state index in [1.807, 2.05) is 54.6 Å². The van der Waals surface area contributed by atoms with Crippen molar-refractivity contribution in [1.82, 2.24) is 15.6 Å². The Balaban J connectivity index is 1.44. The number of aromatic amines is 1. The van der Waals surface area contributed by atoms with E-state index in [2.05, 4.69) is 15.6 Å². The standard InChI is InChI=1S/C23H26N4O5/c24-22(30)20(10-16-12-25-19-9-5-4-8-18(16)19)27-21(29)11-17(28)13-26-23(31)32-14-15-6-2-1-3-7-15/h1-9,12,17,20,25,28H,10-11,13-14H2,(H2,24,30)(H,26,31)(H,27,29)/t17-,20-/m1/s1. The normalized spacial score (nSPS) is 12.7. The third-order valence-corrected chi connectivity index (χ3v) is 4.89. The van der Waals surface area contributed by atoms with Crippen molar-refractivity contribution in [3.63, 3.8) is 0 Å². The number of H-pyrrole nitrogens is 1. The summed E-state index contributed by atoms with van der Waals surface area (Å²) in [6.07, 6.45) is -0.183. The fraction of sp³-hybridized carbons (Fsp3) is 0.261. The van der Waals surface area contributed by atoms with E-state index in [4.69, 9.17) is 10.5 Å². The molecule has 0 spiro atoms. The molecule has 0 unspecified atom stereocenters. The summed E-state index contributed by atoms with van der Waals surface area (Å²) in [5, 5.41) is 15.9. The average Bonchev–Trinajstić information content (AvgIpc) is 3.19. The smallest absolute Gasteiger partial charge is 0.407 e. The van der Waals surface area contributed by atoms with E-state index in [1.54, 1.807) is 6.20 Å². The third-order valence-electron chi connectivity index (χ3n) is 4.89. The highest BCUT2D eigenvalue weighted by atomic mass is 16.5. The van der Waals surface area contributed by atoms with Gasteiger partial charge in [0.25, 0.3) is 0 Å². The molecule has 32 heavy (non-hydrogen) atoms. The second-order valence-corrected chi connectivity index (χ2v) is 7.39. The number of carbonyl (C=O) groups excluding carboxylic acids is 3. The number of aromatic nitrogens is 1. The molecule has 0 aliphatic carbocycles. The lowest BCUT2D eigenvalue weighted by Crippen LogP contribution is -2.47. The number of alkyl carbamates (subject to hydrolysis) is 1. The van der Waals surface area contributed by atoms with Gasteiger partial charge in [-0.25, -0.2) is 4.79 Å². The lowest BCUT2D eigenvalue weighted by molar-refractivity contribution is -0.128.